The van der Waals surface area contributed by atoms with E-state index in [1.54, 1.807) is 13.4 Å². The average Bonchev–Trinajstić information content (AvgIpc) is 2.19. The van der Waals surface area contributed by atoms with Crippen molar-refractivity contribution in [3.05, 3.63) is 11.8 Å². The standard InChI is InChI=1S/C5H9NO2/c1-7-3-5-2-6-8-4-5/h4,6H,2-3H2,1H3. The molecule has 0 saturated heterocycles. The molecule has 0 bridgehead atoms. The maximum absolute atomic E-state index is 4.84. The lowest BCUT2D eigenvalue weighted by atomic mass is 10.3. The number of hydroxylamine groups is 1. The highest BCUT2D eigenvalue weighted by molar-refractivity contribution is 5.02. The Morgan fingerprint density at radius 3 is 3.38 bits per heavy atom. The summed E-state index contributed by atoms with van der Waals surface area (Å²) in [6.07, 6.45) is 1.67. The van der Waals surface area contributed by atoms with E-state index in [0.717, 1.165) is 12.1 Å². The molecule has 0 aliphatic carbocycles. The molecule has 0 unspecified atom stereocenters. The summed E-state index contributed by atoms with van der Waals surface area (Å²) in [6.45, 7) is 1.45. The molecule has 1 rings (SSSR count). The van der Waals surface area contributed by atoms with Crippen LogP contribution < -0.4 is 5.48 Å². The van der Waals surface area contributed by atoms with E-state index in [1.807, 2.05) is 0 Å². The molecule has 1 aliphatic heterocycles. The Kier molecular flexibility index (Phi) is 1.88. The molecule has 0 atom stereocenters. The fraction of sp³-hybridized carbons (Fsp3) is 0.600. The van der Waals surface area contributed by atoms with Crippen LogP contribution >= 0.6 is 0 Å². The fourth-order valence-electron chi connectivity index (χ4n) is 0.571. The SMILES string of the molecule is COCC1=CONC1. The summed E-state index contributed by atoms with van der Waals surface area (Å²) >= 11 is 0. The highest BCUT2D eigenvalue weighted by atomic mass is 16.6. The molecule has 3 nitrogen and oxygen atoms in total. The van der Waals surface area contributed by atoms with E-state index >= 15 is 0 Å². The number of hydrogen-bond donors (Lipinski definition) is 1. The van der Waals surface area contributed by atoms with Crippen LogP contribution in [0.1, 0.15) is 0 Å². The Morgan fingerprint density at radius 2 is 2.88 bits per heavy atom. The Labute approximate surface area is 48.2 Å². The van der Waals surface area contributed by atoms with E-state index in [9.17, 15) is 0 Å². The van der Waals surface area contributed by atoms with Gasteiger partial charge in [-0.2, -0.15) is 5.48 Å². The van der Waals surface area contributed by atoms with E-state index in [4.69, 9.17) is 9.57 Å². The zero-order valence-electron chi connectivity index (χ0n) is 4.81. The third-order valence-corrected chi connectivity index (χ3v) is 0.938. The minimum Gasteiger partial charge on any atom is -0.416 e. The maximum atomic E-state index is 4.84. The smallest absolute Gasteiger partial charge is 0.114 e. The third kappa shape index (κ3) is 1.21. The molecule has 46 valence electrons. The first kappa shape index (κ1) is 5.59. The van der Waals surface area contributed by atoms with Crippen LogP contribution in [0, 0.1) is 0 Å². The molecule has 0 aromatic heterocycles. The van der Waals surface area contributed by atoms with Crippen LogP contribution in [-0.4, -0.2) is 20.3 Å². The number of nitrogens with one attached hydrogen (secondary N) is 1. The van der Waals surface area contributed by atoms with Gasteiger partial charge in [0.1, 0.15) is 6.26 Å². The summed E-state index contributed by atoms with van der Waals surface area (Å²) in [5.74, 6) is 0. The van der Waals surface area contributed by atoms with Gasteiger partial charge in [-0.15, -0.1) is 0 Å². The van der Waals surface area contributed by atoms with E-state index in [2.05, 4.69) is 5.48 Å². The summed E-state index contributed by atoms with van der Waals surface area (Å²) in [7, 11) is 1.67. The lowest BCUT2D eigenvalue weighted by molar-refractivity contribution is 0.168. The minimum atomic E-state index is 0.660. The summed E-state index contributed by atoms with van der Waals surface area (Å²) in [6, 6.07) is 0. The maximum Gasteiger partial charge on any atom is 0.114 e. The minimum absolute atomic E-state index is 0.660. The van der Waals surface area contributed by atoms with Crippen molar-refractivity contribution in [3.63, 3.8) is 0 Å². The first-order valence-corrected chi connectivity index (χ1v) is 2.49. The van der Waals surface area contributed by atoms with Crippen molar-refractivity contribution in [2.45, 2.75) is 0 Å². The van der Waals surface area contributed by atoms with E-state index in [0.29, 0.717) is 6.61 Å². The van der Waals surface area contributed by atoms with Gasteiger partial charge >= 0.3 is 0 Å². The molecule has 1 aliphatic rings. The van der Waals surface area contributed by atoms with Gasteiger partial charge in [0.25, 0.3) is 0 Å². The summed E-state index contributed by atoms with van der Waals surface area (Å²) in [4.78, 5) is 4.72. The molecule has 1 N–H and O–H groups in total. The van der Waals surface area contributed by atoms with Crippen LogP contribution in [0.5, 0.6) is 0 Å². The zero-order chi connectivity index (χ0) is 5.82. The van der Waals surface area contributed by atoms with Crippen LogP contribution in [0.2, 0.25) is 0 Å². The predicted molar refractivity (Wildman–Crippen MR) is 29.0 cm³/mol. The Balaban J connectivity index is 2.23. The largest absolute Gasteiger partial charge is 0.416 e. The van der Waals surface area contributed by atoms with Crippen molar-refractivity contribution in [1.29, 1.82) is 0 Å². The van der Waals surface area contributed by atoms with Crippen molar-refractivity contribution < 1.29 is 9.57 Å². The van der Waals surface area contributed by atoms with E-state index < -0.39 is 0 Å². The molecular weight excluding hydrogens is 106 g/mol. The molecule has 0 spiro atoms. The molecule has 0 fully saturated rings. The molecule has 0 amide bonds. The Morgan fingerprint density at radius 1 is 2.00 bits per heavy atom. The fourth-order valence-corrected chi connectivity index (χ4v) is 0.571. The molecule has 1 heterocycles. The topological polar surface area (TPSA) is 30.5 Å². The summed E-state index contributed by atoms with van der Waals surface area (Å²) in [5.41, 5.74) is 3.83. The van der Waals surface area contributed by atoms with Crippen molar-refractivity contribution in [3.8, 4) is 0 Å². The lowest BCUT2D eigenvalue weighted by Crippen LogP contribution is -2.08. The second kappa shape index (κ2) is 2.69. The highest BCUT2D eigenvalue weighted by Gasteiger charge is 2.02. The Hall–Kier alpha value is -0.540. The monoisotopic (exact) mass is 115 g/mol. The quantitative estimate of drug-likeness (QED) is 0.551. The number of ether oxygens (including phenoxy) is 1. The molecular formula is C5H9NO2. The van der Waals surface area contributed by atoms with Crippen LogP contribution in [0.15, 0.2) is 11.8 Å². The highest BCUT2D eigenvalue weighted by Crippen LogP contribution is 1.98. The number of hydrogen-bond acceptors (Lipinski definition) is 3. The van der Waals surface area contributed by atoms with Gasteiger partial charge in [-0.25, -0.2) is 0 Å². The molecule has 3 heteroatoms. The van der Waals surface area contributed by atoms with Gasteiger partial charge in [-0.3, -0.25) is 0 Å². The summed E-state index contributed by atoms with van der Waals surface area (Å²) < 4.78 is 4.84. The van der Waals surface area contributed by atoms with Crippen molar-refractivity contribution in [2.75, 3.05) is 20.3 Å². The second-order valence-corrected chi connectivity index (χ2v) is 1.65. The molecule has 0 radical (unpaired) electrons. The van der Waals surface area contributed by atoms with Crippen LogP contribution in [0.25, 0.3) is 0 Å². The predicted octanol–water partition coefficient (Wildman–Crippen LogP) is 0.0515. The first-order chi connectivity index (χ1) is 3.93. The Bertz CT molecular complexity index is 101. The van der Waals surface area contributed by atoms with Crippen LogP contribution in [0.3, 0.4) is 0 Å². The van der Waals surface area contributed by atoms with Crippen molar-refractivity contribution in [1.82, 2.24) is 5.48 Å². The van der Waals surface area contributed by atoms with Gasteiger partial charge in [0.05, 0.1) is 13.2 Å². The van der Waals surface area contributed by atoms with Gasteiger partial charge in [0.2, 0.25) is 0 Å². The normalized spacial score (nSPS) is 17.9. The van der Waals surface area contributed by atoms with Gasteiger partial charge in [0, 0.05) is 12.7 Å². The van der Waals surface area contributed by atoms with E-state index in [-0.39, 0.29) is 0 Å². The van der Waals surface area contributed by atoms with Gasteiger partial charge < -0.3 is 9.57 Å². The molecule has 0 saturated carbocycles. The van der Waals surface area contributed by atoms with E-state index in [1.165, 1.54) is 0 Å². The van der Waals surface area contributed by atoms with Crippen LogP contribution in [-0.2, 0) is 9.57 Å². The average molecular weight is 115 g/mol. The second-order valence-electron chi connectivity index (χ2n) is 1.65. The number of methoxy groups -OCH3 is 1. The van der Waals surface area contributed by atoms with Gasteiger partial charge in [-0.1, -0.05) is 0 Å². The number of rotatable bonds is 2. The van der Waals surface area contributed by atoms with Crippen molar-refractivity contribution >= 4 is 0 Å². The van der Waals surface area contributed by atoms with Gasteiger partial charge in [0.15, 0.2) is 0 Å². The van der Waals surface area contributed by atoms with Gasteiger partial charge in [-0.05, 0) is 0 Å². The molecule has 0 aromatic carbocycles. The first-order valence-electron chi connectivity index (χ1n) is 2.49. The summed E-state index contributed by atoms with van der Waals surface area (Å²) in [5, 5.41) is 0. The van der Waals surface area contributed by atoms with Crippen molar-refractivity contribution in [2.24, 2.45) is 0 Å². The zero-order valence-corrected chi connectivity index (χ0v) is 4.81. The molecule has 8 heavy (non-hydrogen) atoms. The van der Waals surface area contributed by atoms with Crippen LogP contribution in [0.4, 0.5) is 0 Å². The molecule has 0 aromatic rings. The third-order valence-electron chi connectivity index (χ3n) is 0.938. The lowest BCUT2D eigenvalue weighted by Gasteiger charge is -1.92.